The zero-order valence-electron chi connectivity index (χ0n) is 12.5. The Bertz CT molecular complexity index is 774. The fourth-order valence-corrected chi connectivity index (χ4v) is 2.07. The van der Waals surface area contributed by atoms with E-state index in [9.17, 15) is 9.59 Å². The van der Waals surface area contributed by atoms with E-state index < -0.39 is 0 Å². The van der Waals surface area contributed by atoms with E-state index in [0.29, 0.717) is 10.6 Å². The molecule has 5 heteroatoms. The lowest BCUT2D eigenvalue weighted by Crippen LogP contribution is -2.23. The van der Waals surface area contributed by atoms with Crippen molar-refractivity contribution in [2.75, 3.05) is 11.9 Å². The molecule has 0 saturated carbocycles. The molecule has 0 fully saturated rings. The molecule has 0 atom stereocenters. The predicted octanol–water partition coefficient (Wildman–Crippen LogP) is 3.08. The molecule has 23 heavy (non-hydrogen) atoms. The van der Waals surface area contributed by atoms with E-state index in [-0.39, 0.29) is 18.4 Å². The molecule has 0 aliphatic carbocycles. The summed E-state index contributed by atoms with van der Waals surface area (Å²) >= 11 is 5.95. The van der Waals surface area contributed by atoms with E-state index in [1.807, 2.05) is 0 Å². The summed E-state index contributed by atoms with van der Waals surface area (Å²) in [5.74, 6) is 5.43. The molecule has 0 aromatic heterocycles. The van der Waals surface area contributed by atoms with Crippen LogP contribution in [0.25, 0.3) is 0 Å². The van der Waals surface area contributed by atoms with Crippen molar-refractivity contribution in [3.63, 3.8) is 0 Å². The maximum absolute atomic E-state index is 11.9. The average Bonchev–Trinajstić information content (AvgIpc) is 2.53. The van der Waals surface area contributed by atoms with Crippen LogP contribution in [0.5, 0.6) is 0 Å². The van der Waals surface area contributed by atoms with Crippen molar-refractivity contribution in [2.45, 2.75) is 6.92 Å². The van der Waals surface area contributed by atoms with Crippen LogP contribution in [-0.4, -0.2) is 18.4 Å². The van der Waals surface area contributed by atoms with Gasteiger partial charge in [0.05, 0.1) is 17.1 Å². The van der Waals surface area contributed by atoms with Gasteiger partial charge in [0.15, 0.2) is 0 Å². The number of benzene rings is 2. The molecule has 0 unspecified atom stereocenters. The third-order valence-electron chi connectivity index (χ3n) is 2.89. The van der Waals surface area contributed by atoms with Gasteiger partial charge in [0.25, 0.3) is 5.91 Å². The number of hydrogen-bond acceptors (Lipinski definition) is 2. The Balaban J connectivity index is 1.89. The predicted molar refractivity (Wildman–Crippen MR) is 91.4 cm³/mol. The van der Waals surface area contributed by atoms with Crippen LogP contribution in [0.3, 0.4) is 0 Å². The highest BCUT2D eigenvalue weighted by Crippen LogP contribution is 2.14. The number of carbonyl (C=O) groups is 2. The molecular formula is C18H15ClN2O2. The van der Waals surface area contributed by atoms with Crippen LogP contribution in [0.2, 0.25) is 5.02 Å². The zero-order chi connectivity index (χ0) is 16.7. The van der Waals surface area contributed by atoms with E-state index in [0.717, 1.165) is 11.3 Å². The van der Waals surface area contributed by atoms with E-state index in [1.165, 1.54) is 6.92 Å². The summed E-state index contributed by atoms with van der Waals surface area (Å²) in [7, 11) is 0. The molecule has 2 N–H and O–H groups in total. The van der Waals surface area contributed by atoms with Crippen molar-refractivity contribution in [1.82, 2.24) is 5.32 Å². The first-order chi connectivity index (χ1) is 11.1. The molecule has 2 amide bonds. The average molecular weight is 327 g/mol. The highest BCUT2D eigenvalue weighted by atomic mass is 35.5. The Morgan fingerprint density at radius 3 is 2.43 bits per heavy atom. The maximum Gasteiger partial charge on any atom is 0.253 e. The number of anilines is 1. The van der Waals surface area contributed by atoms with Crippen LogP contribution in [0.4, 0.5) is 5.69 Å². The number of halogens is 1. The number of hydrogen-bond donors (Lipinski definition) is 2. The molecular weight excluding hydrogens is 312 g/mol. The van der Waals surface area contributed by atoms with Gasteiger partial charge in [-0.3, -0.25) is 9.59 Å². The number of amides is 2. The number of nitrogens with one attached hydrogen (secondary N) is 2. The largest absolute Gasteiger partial charge is 0.341 e. The monoisotopic (exact) mass is 326 g/mol. The second-order valence-corrected chi connectivity index (χ2v) is 5.13. The zero-order valence-corrected chi connectivity index (χ0v) is 13.3. The van der Waals surface area contributed by atoms with Gasteiger partial charge in [0.2, 0.25) is 5.91 Å². The molecule has 116 valence electrons. The van der Waals surface area contributed by atoms with Gasteiger partial charge in [0.1, 0.15) is 0 Å². The molecule has 0 heterocycles. The minimum atomic E-state index is -0.258. The highest BCUT2D eigenvalue weighted by Gasteiger charge is 2.07. The van der Waals surface area contributed by atoms with Crippen LogP contribution in [0.1, 0.15) is 22.8 Å². The molecule has 2 aromatic carbocycles. The van der Waals surface area contributed by atoms with Crippen molar-refractivity contribution in [3.05, 3.63) is 64.7 Å². The van der Waals surface area contributed by atoms with E-state index >= 15 is 0 Å². The van der Waals surface area contributed by atoms with Crippen LogP contribution in [0, 0.1) is 11.8 Å². The second kappa shape index (κ2) is 8.02. The number of rotatable bonds is 3. The Hall–Kier alpha value is -2.77. The molecule has 0 spiro atoms. The fraction of sp³-hybridized carbons (Fsp3) is 0.111. The van der Waals surface area contributed by atoms with Crippen molar-refractivity contribution in [3.8, 4) is 11.8 Å². The maximum atomic E-state index is 11.9. The molecule has 0 aliphatic rings. The molecule has 0 saturated heterocycles. The summed E-state index contributed by atoms with van der Waals surface area (Å²) in [6, 6.07) is 14.0. The smallest absolute Gasteiger partial charge is 0.253 e. The summed E-state index contributed by atoms with van der Waals surface area (Å²) in [5, 5.41) is 5.78. The lowest BCUT2D eigenvalue weighted by molar-refractivity contribution is -0.114. The molecule has 0 bridgehead atoms. The van der Waals surface area contributed by atoms with Crippen molar-refractivity contribution >= 4 is 29.1 Å². The second-order valence-electron chi connectivity index (χ2n) is 4.72. The molecule has 0 aliphatic heterocycles. The van der Waals surface area contributed by atoms with Crippen LogP contribution in [0.15, 0.2) is 48.5 Å². The van der Waals surface area contributed by atoms with Gasteiger partial charge >= 0.3 is 0 Å². The lowest BCUT2D eigenvalue weighted by Gasteiger charge is -2.03. The summed E-state index contributed by atoms with van der Waals surface area (Å²) in [5.41, 5.74) is 1.94. The Labute approximate surface area is 139 Å². The third kappa shape index (κ3) is 5.17. The summed E-state index contributed by atoms with van der Waals surface area (Å²) < 4.78 is 0. The molecule has 2 aromatic rings. The van der Waals surface area contributed by atoms with Gasteiger partial charge in [0, 0.05) is 18.2 Å². The van der Waals surface area contributed by atoms with Crippen LogP contribution >= 0.6 is 11.6 Å². The van der Waals surface area contributed by atoms with Gasteiger partial charge in [-0.2, -0.15) is 0 Å². The first-order valence-corrected chi connectivity index (χ1v) is 7.33. The minimum absolute atomic E-state index is 0.119. The summed E-state index contributed by atoms with van der Waals surface area (Å²) in [4.78, 5) is 22.8. The fourth-order valence-electron chi connectivity index (χ4n) is 1.85. The third-order valence-corrected chi connectivity index (χ3v) is 3.22. The first kappa shape index (κ1) is 16.6. The van der Waals surface area contributed by atoms with Gasteiger partial charge < -0.3 is 10.6 Å². The van der Waals surface area contributed by atoms with Gasteiger partial charge in [-0.05, 0) is 36.4 Å². The quantitative estimate of drug-likeness (QED) is 0.852. The topological polar surface area (TPSA) is 58.2 Å². The Morgan fingerprint density at radius 1 is 1.09 bits per heavy atom. The van der Waals surface area contributed by atoms with E-state index in [2.05, 4.69) is 22.5 Å². The van der Waals surface area contributed by atoms with Crippen molar-refractivity contribution in [2.24, 2.45) is 0 Å². The highest BCUT2D eigenvalue weighted by molar-refractivity contribution is 6.33. The standard InChI is InChI=1S/C18H15ClN2O2/c1-13(22)21-15-10-8-14(9-11-15)5-4-12-20-18(23)16-6-2-3-7-17(16)19/h2-3,6-11H,12H2,1H3,(H,20,23)(H,21,22). The van der Waals surface area contributed by atoms with Gasteiger partial charge in [-0.1, -0.05) is 35.6 Å². The Morgan fingerprint density at radius 2 is 1.78 bits per heavy atom. The summed E-state index contributed by atoms with van der Waals surface area (Å²) in [6.07, 6.45) is 0. The summed E-state index contributed by atoms with van der Waals surface area (Å²) in [6.45, 7) is 1.67. The van der Waals surface area contributed by atoms with Crippen molar-refractivity contribution in [1.29, 1.82) is 0 Å². The minimum Gasteiger partial charge on any atom is -0.341 e. The van der Waals surface area contributed by atoms with E-state index in [1.54, 1.807) is 48.5 Å². The van der Waals surface area contributed by atoms with Gasteiger partial charge in [-0.25, -0.2) is 0 Å². The molecule has 0 radical (unpaired) electrons. The Kier molecular flexibility index (Phi) is 5.79. The van der Waals surface area contributed by atoms with E-state index in [4.69, 9.17) is 11.6 Å². The molecule has 2 rings (SSSR count). The number of carbonyl (C=O) groups excluding carboxylic acids is 2. The molecule has 4 nitrogen and oxygen atoms in total. The van der Waals surface area contributed by atoms with Crippen LogP contribution in [-0.2, 0) is 4.79 Å². The normalized spacial score (nSPS) is 9.48. The first-order valence-electron chi connectivity index (χ1n) is 6.95. The lowest BCUT2D eigenvalue weighted by atomic mass is 10.2. The van der Waals surface area contributed by atoms with Crippen molar-refractivity contribution < 1.29 is 9.59 Å². The van der Waals surface area contributed by atoms with Crippen LogP contribution < -0.4 is 10.6 Å². The SMILES string of the molecule is CC(=O)Nc1ccc(C#CCNC(=O)c2ccccc2Cl)cc1. The van der Waals surface area contributed by atoms with Gasteiger partial charge in [-0.15, -0.1) is 0 Å².